The van der Waals surface area contributed by atoms with Crippen LogP contribution in [0.4, 0.5) is 0 Å². The molecule has 3 heterocycles. The third-order valence-corrected chi connectivity index (χ3v) is 5.99. The Hall–Kier alpha value is -3.29. The highest BCUT2D eigenvalue weighted by Crippen LogP contribution is 2.41. The van der Waals surface area contributed by atoms with E-state index >= 15 is 0 Å². The van der Waals surface area contributed by atoms with Gasteiger partial charge in [0, 0.05) is 49.0 Å². The van der Waals surface area contributed by atoms with Crippen molar-refractivity contribution in [1.29, 1.82) is 0 Å². The molecule has 154 valence electrons. The van der Waals surface area contributed by atoms with Gasteiger partial charge in [-0.05, 0) is 48.9 Å². The summed E-state index contributed by atoms with van der Waals surface area (Å²) >= 11 is 12.6. The molecule has 9 heteroatoms. The van der Waals surface area contributed by atoms with Crippen LogP contribution < -0.4 is 4.74 Å². The van der Waals surface area contributed by atoms with E-state index in [0.29, 0.717) is 28.9 Å². The van der Waals surface area contributed by atoms with E-state index in [0.717, 1.165) is 55.8 Å². The number of aryl methyl sites for hydroxylation is 1. The second-order valence-corrected chi connectivity index (χ2v) is 8.33. The first-order valence-electron chi connectivity index (χ1n) is 9.87. The molecule has 0 amide bonds. The van der Waals surface area contributed by atoms with Crippen LogP contribution in [0, 0.1) is 0 Å². The molecule has 0 aliphatic carbocycles. The molecule has 0 aliphatic heterocycles. The van der Waals surface area contributed by atoms with Crippen LogP contribution in [0.3, 0.4) is 0 Å². The number of aromatic amines is 3. The van der Waals surface area contributed by atoms with Crippen LogP contribution >= 0.6 is 23.2 Å². The number of hydrogen-bond donors (Lipinski definition) is 3. The summed E-state index contributed by atoms with van der Waals surface area (Å²) in [6, 6.07) is 13.9. The lowest BCUT2D eigenvalue weighted by Crippen LogP contribution is -2.01. The van der Waals surface area contributed by atoms with Crippen LogP contribution in [0.1, 0.15) is 12.2 Å². The normalized spacial score (nSPS) is 11.9. The Balaban J connectivity index is 1.53. The molecule has 31 heavy (non-hydrogen) atoms. The fraction of sp³-hybridized carbons (Fsp3) is 0.136. The summed E-state index contributed by atoms with van der Waals surface area (Å²) in [6.07, 6.45) is 1.44. The number of halogens is 2. The molecule has 0 unspecified atom stereocenters. The van der Waals surface area contributed by atoms with Crippen molar-refractivity contribution in [2.75, 3.05) is 6.61 Å². The van der Waals surface area contributed by atoms with Gasteiger partial charge in [-0.2, -0.15) is 5.21 Å². The maximum atomic E-state index is 6.34. The van der Waals surface area contributed by atoms with Crippen molar-refractivity contribution in [3.8, 4) is 5.75 Å². The Morgan fingerprint density at radius 2 is 1.45 bits per heavy atom. The zero-order valence-electron chi connectivity index (χ0n) is 16.2. The van der Waals surface area contributed by atoms with Crippen LogP contribution in [0.5, 0.6) is 5.75 Å². The highest BCUT2D eigenvalue weighted by molar-refractivity contribution is 6.33. The van der Waals surface area contributed by atoms with Crippen molar-refractivity contribution in [2.45, 2.75) is 12.8 Å². The van der Waals surface area contributed by atoms with Crippen LogP contribution in [-0.2, 0) is 6.42 Å². The van der Waals surface area contributed by atoms with E-state index in [-0.39, 0.29) is 0 Å². The first-order valence-corrected chi connectivity index (χ1v) is 10.6. The van der Waals surface area contributed by atoms with E-state index in [1.165, 1.54) is 0 Å². The van der Waals surface area contributed by atoms with Gasteiger partial charge in [-0.15, -0.1) is 10.2 Å². The molecule has 3 N–H and O–H groups in total. The molecule has 0 fully saturated rings. The molecule has 0 saturated carbocycles. The van der Waals surface area contributed by atoms with Crippen LogP contribution in [-0.4, -0.2) is 37.2 Å². The topological polar surface area (TPSA) is 95.3 Å². The molecule has 0 radical (unpaired) electrons. The molecular weight excluding hydrogens is 435 g/mol. The second-order valence-electron chi connectivity index (χ2n) is 7.46. The second kappa shape index (κ2) is 7.14. The summed E-state index contributed by atoms with van der Waals surface area (Å²) in [5, 5.41) is 19.7. The number of rotatable bonds is 5. The molecule has 7 nitrogen and oxygen atoms in total. The molecule has 6 aromatic rings. The smallest absolute Gasteiger partial charge is 0.174 e. The first-order chi connectivity index (χ1) is 15.2. The fourth-order valence-electron chi connectivity index (χ4n) is 4.13. The summed E-state index contributed by atoms with van der Waals surface area (Å²) < 4.78 is 6.34. The number of tetrazole rings is 1. The predicted octanol–water partition coefficient (Wildman–Crippen LogP) is 5.79. The number of aromatic nitrogens is 6. The predicted molar refractivity (Wildman–Crippen MR) is 123 cm³/mol. The number of fused-ring (bicyclic) bond motifs is 6. The zero-order valence-corrected chi connectivity index (χ0v) is 17.7. The summed E-state index contributed by atoms with van der Waals surface area (Å²) in [4.78, 5) is 7.01. The van der Waals surface area contributed by atoms with E-state index in [4.69, 9.17) is 27.9 Å². The molecule has 3 aromatic heterocycles. The highest BCUT2D eigenvalue weighted by atomic mass is 35.5. The van der Waals surface area contributed by atoms with Gasteiger partial charge in [0.1, 0.15) is 0 Å². The van der Waals surface area contributed by atoms with Crippen LogP contribution in [0.15, 0.2) is 42.5 Å². The zero-order chi connectivity index (χ0) is 20.9. The number of hydrogen-bond acceptors (Lipinski definition) is 4. The molecular formula is C22H16Cl2N6O. The van der Waals surface area contributed by atoms with Crippen molar-refractivity contribution >= 4 is 66.8 Å². The Bertz CT molecular complexity index is 1470. The van der Waals surface area contributed by atoms with E-state index in [9.17, 15) is 0 Å². The largest absolute Gasteiger partial charge is 0.489 e. The van der Waals surface area contributed by atoms with Gasteiger partial charge in [-0.1, -0.05) is 28.4 Å². The van der Waals surface area contributed by atoms with Gasteiger partial charge in [-0.3, -0.25) is 0 Å². The molecule has 0 saturated heterocycles. The van der Waals surface area contributed by atoms with Gasteiger partial charge in [0.2, 0.25) is 0 Å². The summed E-state index contributed by atoms with van der Waals surface area (Å²) in [7, 11) is 0. The summed E-state index contributed by atoms with van der Waals surface area (Å²) in [5.41, 5.74) is 3.88. The Morgan fingerprint density at radius 3 is 2.03 bits per heavy atom. The first kappa shape index (κ1) is 18.5. The van der Waals surface area contributed by atoms with Crippen molar-refractivity contribution in [3.05, 3.63) is 58.3 Å². The SMILES string of the molecule is Clc1ccc2[nH]c3c(OCCCc4nn[nH]n4)c4[nH]c5ccc(Cl)cc5c4cc3c2c1. The van der Waals surface area contributed by atoms with Crippen LogP contribution in [0.25, 0.3) is 43.6 Å². The van der Waals surface area contributed by atoms with Gasteiger partial charge < -0.3 is 14.7 Å². The number of ether oxygens (including phenoxy) is 1. The van der Waals surface area contributed by atoms with Gasteiger partial charge >= 0.3 is 0 Å². The lowest BCUT2D eigenvalue weighted by atomic mass is 10.1. The van der Waals surface area contributed by atoms with E-state index in [1.807, 2.05) is 36.4 Å². The third kappa shape index (κ3) is 3.08. The van der Waals surface area contributed by atoms with E-state index < -0.39 is 0 Å². The molecule has 0 atom stereocenters. The Labute approximate surface area is 185 Å². The van der Waals surface area contributed by atoms with Gasteiger partial charge in [0.15, 0.2) is 11.6 Å². The number of benzene rings is 3. The standard InChI is InChI=1S/C22H16Cl2N6O/c23-11-3-5-17-13(8-11)15-10-16-14-9-12(24)4-6-18(14)26-21(16)22(20(15)25-17)31-7-1-2-19-27-29-30-28-19/h3-6,8-10,25-26H,1-2,7H2,(H,27,28,29,30). The fourth-order valence-corrected chi connectivity index (χ4v) is 4.48. The minimum atomic E-state index is 0.509. The van der Waals surface area contributed by atoms with Gasteiger partial charge in [0.05, 0.1) is 17.6 Å². The third-order valence-electron chi connectivity index (χ3n) is 5.52. The summed E-state index contributed by atoms with van der Waals surface area (Å²) in [5.74, 6) is 1.45. The van der Waals surface area contributed by atoms with Crippen molar-refractivity contribution in [2.24, 2.45) is 0 Å². The minimum Gasteiger partial charge on any atom is -0.489 e. The van der Waals surface area contributed by atoms with Crippen molar-refractivity contribution < 1.29 is 4.74 Å². The number of nitrogens with zero attached hydrogens (tertiary/aromatic N) is 3. The van der Waals surface area contributed by atoms with E-state index in [2.05, 4.69) is 36.7 Å². The van der Waals surface area contributed by atoms with Gasteiger partial charge in [-0.25, -0.2) is 0 Å². The summed E-state index contributed by atoms with van der Waals surface area (Å²) in [6.45, 7) is 0.509. The number of H-pyrrole nitrogens is 3. The Kier molecular flexibility index (Phi) is 4.26. The maximum absolute atomic E-state index is 6.34. The average Bonchev–Trinajstić information content (AvgIpc) is 3.48. The molecule has 3 aromatic carbocycles. The lowest BCUT2D eigenvalue weighted by Gasteiger charge is -2.09. The quantitative estimate of drug-likeness (QED) is 0.289. The molecule has 6 rings (SSSR count). The van der Waals surface area contributed by atoms with Crippen molar-refractivity contribution in [1.82, 2.24) is 30.6 Å². The Morgan fingerprint density at radius 1 is 0.806 bits per heavy atom. The van der Waals surface area contributed by atoms with E-state index in [1.54, 1.807) is 0 Å². The number of nitrogens with one attached hydrogen (secondary N) is 3. The van der Waals surface area contributed by atoms with Gasteiger partial charge in [0.25, 0.3) is 0 Å². The highest BCUT2D eigenvalue weighted by Gasteiger charge is 2.18. The molecule has 0 bridgehead atoms. The van der Waals surface area contributed by atoms with Crippen LogP contribution in [0.2, 0.25) is 10.0 Å². The average molecular weight is 451 g/mol. The van der Waals surface area contributed by atoms with Crippen molar-refractivity contribution in [3.63, 3.8) is 0 Å². The monoisotopic (exact) mass is 450 g/mol. The minimum absolute atomic E-state index is 0.509. The lowest BCUT2D eigenvalue weighted by molar-refractivity contribution is 0.316. The molecule has 0 aliphatic rings. The molecule has 0 spiro atoms. The maximum Gasteiger partial charge on any atom is 0.174 e.